The third-order valence-corrected chi connectivity index (χ3v) is 3.17. The molecule has 3 heterocycles. The van der Waals surface area contributed by atoms with Crippen molar-refractivity contribution in [2.24, 2.45) is 5.73 Å². The number of nitrogens with zero attached hydrogens (tertiary/aromatic N) is 4. The summed E-state index contributed by atoms with van der Waals surface area (Å²) >= 11 is 0. The molecule has 0 radical (unpaired) electrons. The summed E-state index contributed by atoms with van der Waals surface area (Å²) in [6.45, 7) is 3.00. The van der Waals surface area contributed by atoms with E-state index in [9.17, 15) is 0 Å². The summed E-state index contributed by atoms with van der Waals surface area (Å²) in [6, 6.07) is -0.201. The molecule has 1 unspecified atom stereocenters. The number of aromatic amines is 1. The van der Waals surface area contributed by atoms with Gasteiger partial charge in [-0.25, -0.2) is 0 Å². The summed E-state index contributed by atoms with van der Waals surface area (Å²) in [6.07, 6.45) is 5.85. The van der Waals surface area contributed by atoms with Crippen LogP contribution in [-0.2, 0) is 0 Å². The fourth-order valence-electron chi connectivity index (χ4n) is 2.20. The van der Waals surface area contributed by atoms with Gasteiger partial charge in [0.15, 0.2) is 5.82 Å². The second kappa shape index (κ2) is 4.87. The second-order valence-corrected chi connectivity index (χ2v) is 4.56. The summed E-state index contributed by atoms with van der Waals surface area (Å²) in [5, 5.41) is 10.5. The summed E-state index contributed by atoms with van der Waals surface area (Å²) < 4.78 is 5.18. The minimum absolute atomic E-state index is 0.201. The number of hydrogen-bond donors (Lipinski definition) is 2. The quantitative estimate of drug-likeness (QED) is 0.820. The molecule has 2 aromatic heterocycles. The highest BCUT2D eigenvalue weighted by molar-refractivity contribution is 5.49. The largest absolute Gasteiger partial charge is 0.334 e. The van der Waals surface area contributed by atoms with Crippen molar-refractivity contribution >= 4 is 0 Å². The van der Waals surface area contributed by atoms with Crippen molar-refractivity contribution in [3.05, 3.63) is 18.2 Å². The molecular formula is C11H16N6O. The Hall–Kier alpha value is -1.73. The first-order chi connectivity index (χ1) is 8.83. The van der Waals surface area contributed by atoms with Crippen LogP contribution in [0.2, 0.25) is 0 Å². The van der Waals surface area contributed by atoms with Gasteiger partial charge >= 0.3 is 0 Å². The minimum atomic E-state index is -0.201. The highest BCUT2D eigenvalue weighted by Gasteiger charge is 2.20. The van der Waals surface area contributed by atoms with Crippen molar-refractivity contribution in [1.82, 2.24) is 25.2 Å². The molecule has 0 aliphatic carbocycles. The first-order valence-electron chi connectivity index (χ1n) is 6.13. The highest BCUT2D eigenvalue weighted by Crippen LogP contribution is 2.18. The number of nitrogens with two attached hydrogens (primary N) is 1. The molecule has 7 heteroatoms. The Kier molecular flexibility index (Phi) is 3.07. The van der Waals surface area contributed by atoms with Gasteiger partial charge < -0.3 is 15.2 Å². The Labute approximate surface area is 104 Å². The number of aromatic nitrogens is 4. The zero-order chi connectivity index (χ0) is 12.4. The molecule has 2 aromatic rings. The van der Waals surface area contributed by atoms with Crippen molar-refractivity contribution in [2.45, 2.75) is 18.9 Å². The van der Waals surface area contributed by atoms with Crippen molar-refractivity contribution in [2.75, 3.05) is 19.6 Å². The second-order valence-electron chi connectivity index (χ2n) is 4.56. The topological polar surface area (TPSA) is 96.9 Å². The van der Waals surface area contributed by atoms with Crippen molar-refractivity contribution in [3.63, 3.8) is 0 Å². The van der Waals surface area contributed by atoms with Crippen LogP contribution in [0.3, 0.4) is 0 Å². The van der Waals surface area contributed by atoms with Crippen LogP contribution in [-0.4, -0.2) is 44.9 Å². The van der Waals surface area contributed by atoms with E-state index in [2.05, 4.69) is 25.2 Å². The molecule has 0 bridgehead atoms. The van der Waals surface area contributed by atoms with Crippen LogP contribution < -0.4 is 5.73 Å². The molecule has 0 saturated carbocycles. The molecule has 0 aromatic carbocycles. The minimum Gasteiger partial charge on any atom is -0.334 e. The normalized spacial score (nSPS) is 18.3. The van der Waals surface area contributed by atoms with Gasteiger partial charge in [-0.1, -0.05) is 5.16 Å². The molecule has 3 rings (SSSR count). The number of H-pyrrole nitrogens is 1. The number of hydrogen-bond acceptors (Lipinski definition) is 6. The van der Waals surface area contributed by atoms with E-state index in [1.54, 1.807) is 12.4 Å². The molecule has 96 valence electrons. The lowest BCUT2D eigenvalue weighted by atomic mass is 10.3. The molecule has 18 heavy (non-hydrogen) atoms. The summed E-state index contributed by atoms with van der Waals surface area (Å²) in [5.74, 6) is 1.01. The third kappa shape index (κ3) is 2.27. The van der Waals surface area contributed by atoms with E-state index >= 15 is 0 Å². The first-order valence-corrected chi connectivity index (χ1v) is 6.13. The van der Waals surface area contributed by atoms with E-state index in [1.165, 1.54) is 12.8 Å². The van der Waals surface area contributed by atoms with Gasteiger partial charge in [-0.05, 0) is 25.9 Å². The van der Waals surface area contributed by atoms with Crippen LogP contribution in [0, 0.1) is 0 Å². The zero-order valence-electron chi connectivity index (χ0n) is 10.0. The monoisotopic (exact) mass is 248 g/mol. The Balaban J connectivity index is 1.68. The molecule has 1 aliphatic rings. The van der Waals surface area contributed by atoms with Gasteiger partial charge in [0.2, 0.25) is 0 Å². The maximum Gasteiger partial charge on any atom is 0.261 e. The summed E-state index contributed by atoms with van der Waals surface area (Å²) in [4.78, 5) is 6.64. The molecule has 1 fully saturated rings. The lowest BCUT2D eigenvalue weighted by Crippen LogP contribution is -2.30. The maximum atomic E-state index is 6.09. The van der Waals surface area contributed by atoms with E-state index in [4.69, 9.17) is 10.3 Å². The van der Waals surface area contributed by atoms with Crippen molar-refractivity contribution in [1.29, 1.82) is 0 Å². The van der Waals surface area contributed by atoms with E-state index in [-0.39, 0.29) is 6.04 Å². The van der Waals surface area contributed by atoms with Crippen LogP contribution in [0.5, 0.6) is 0 Å². The Bertz CT molecular complexity index is 487. The van der Waals surface area contributed by atoms with Gasteiger partial charge in [0, 0.05) is 12.7 Å². The molecule has 3 N–H and O–H groups in total. The van der Waals surface area contributed by atoms with E-state index < -0.39 is 0 Å². The van der Waals surface area contributed by atoms with Crippen LogP contribution in [0.1, 0.15) is 24.7 Å². The van der Waals surface area contributed by atoms with E-state index in [1.807, 2.05) is 0 Å². The molecule has 1 saturated heterocycles. The smallest absolute Gasteiger partial charge is 0.261 e. The standard InChI is InChI=1S/C11H16N6O/c12-9(7-17-3-1-2-4-17)10-15-11(18-16-10)8-5-13-14-6-8/h5-6,9H,1-4,7,12H2,(H,13,14). The fourth-order valence-corrected chi connectivity index (χ4v) is 2.20. The lowest BCUT2D eigenvalue weighted by Gasteiger charge is -2.17. The van der Waals surface area contributed by atoms with Crippen LogP contribution in [0.4, 0.5) is 0 Å². The highest BCUT2D eigenvalue weighted by atomic mass is 16.5. The molecule has 0 spiro atoms. The predicted octanol–water partition coefficient (Wildman–Crippen LogP) is 0.555. The number of nitrogens with one attached hydrogen (secondary N) is 1. The molecule has 1 aliphatic heterocycles. The number of likely N-dealkylation sites (tertiary alicyclic amines) is 1. The van der Waals surface area contributed by atoms with Gasteiger partial charge in [0.05, 0.1) is 17.8 Å². The van der Waals surface area contributed by atoms with Gasteiger partial charge in [0.25, 0.3) is 5.89 Å². The average Bonchev–Trinajstić information content (AvgIpc) is 3.11. The first kappa shape index (κ1) is 11.4. The van der Waals surface area contributed by atoms with Gasteiger partial charge in [0.1, 0.15) is 0 Å². The molecule has 1 atom stereocenters. The van der Waals surface area contributed by atoms with E-state index in [0.29, 0.717) is 11.7 Å². The van der Waals surface area contributed by atoms with Crippen LogP contribution >= 0.6 is 0 Å². The van der Waals surface area contributed by atoms with Crippen LogP contribution in [0.15, 0.2) is 16.9 Å². The molecule has 7 nitrogen and oxygen atoms in total. The van der Waals surface area contributed by atoms with Gasteiger partial charge in [-0.15, -0.1) is 0 Å². The molecular weight excluding hydrogens is 232 g/mol. The van der Waals surface area contributed by atoms with Crippen molar-refractivity contribution < 1.29 is 4.52 Å². The summed E-state index contributed by atoms with van der Waals surface area (Å²) in [5.41, 5.74) is 6.87. The Morgan fingerprint density at radius 2 is 2.28 bits per heavy atom. The van der Waals surface area contributed by atoms with Crippen LogP contribution in [0.25, 0.3) is 11.5 Å². The zero-order valence-corrected chi connectivity index (χ0v) is 10.0. The van der Waals surface area contributed by atoms with Crippen molar-refractivity contribution in [3.8, 4) is 11.5 Å². The Morgan fingerprint density at radius 3 is 3.00 bits per heavy atom. The number of rotatable bonds is 4. The maximum absolute atomic E-state index is 6.09. The molecule has 0 amide bonds. The summed E-state index contributed by atoms with van der Waals surface area (Å²) in [7, 11) is 0. The van der Waals surface area contributed by atoms with E-state index in [0.717, 1.165) is 25.2 Å². The van der Waals surface area contributed by atoms with Gasteiger partial charge in [-0.2, -0.15) is 10.1 Å². The SMILES string of the molecule is NC(CN1CCCC1)c1noc(-c2cn[nH]c2)n1. The predicted molar refractivity (Wildman–Crippen MR) is 64.5 cm³/mol. The van der Waals surface area contributed by atoms with Gasteiger partial charge in [-0.3, -0.25) is 5.10 Å². The average molecular weight is 248 g/mol. The third-order valence-electron chi connectivity index (χ3n) is 3.17. The fraction of sp³-hybridized carbons (Fsp3) is 0.545. The Morgan fingerprint density at radius 1 is 1.44 bits per heavy atom. The lowest BCUT2D eigenvalue weighted by molar-refractivity contribution is 0.306.